The van der Waals surface area contributed by atoms with Crippen LogP contribution in [0.1, 0.15) is 5.56 Å². The average Bonchev–Trinajstić information content (AvgIpc) is 2.32. The van der Waals surface area contributed by atoms with Crippen molar-refractivity contribution in [1.29, 1.82) is 0 Å². The number of rotatable bonds is 3. The molecule has 1 aromatic carbocycles. The van der Waals surface area contributed by atoms with Crippen LogP contribution in [0.2, 0.25) is 0 Å². The second-order valence-electron chi connectivity index (χ2n) is 4.12. The van der Waals surface area contributed by atoms with Crippen LogP contribution in [0.5, 0.6) is 5.75 Å². The van der Waals surface area contributed by atoms with Crippen LogP contribution in [0.4, 0.5) is 0 Å². The number of phenols is 1. The molecule has 0 saturated carbocycles. The summed E-state index contributed by atoms with van der Waals surface area (Å²) in [6.45, 7) is 5.47. The molecule has 1 aromatic rings. The third-order valence-corrected chi connectivity index (χ3v) is 3.71. The predicted octanol–water partition coefficient (Wildman–Crippen LogP) is 1.60. The fourth-order valence-corrected chi connectivity index (χ4v) is 2.41. The first-order valence-corrected chi connectivity index (χ1v) is 6.45. The molecule has 0 amide bonds. The van der Waals surface area contributed by atoms with Gasteiger partial charge in [-0.15, -0.1) is 0 Å². The molecule has 16 heavy (non-hydrogen) atoms. The molecule has 0 aromatic heterocycles. The highest BCUT2D eigenvalue weighted by Gasteiger charge is 2.10. The molecule has 1 saturated heterocycles. The van der Waals surface area contributed by atoms with Crippen molar-refractivity contribution in [3.05, 3.63) is 28.2 Å². The third-order valence-electron chi connectivity index (χ3n) is 2.94. The van der Waals surface area contributed by atoms with Crippen molar-refractivity contribution in [3.8, 4) is 5.75 Å². The number of phenolic OH excluding ortho intramolecular Hbond substituents is 1. The van der Waals surface area contributed by atoms with Crippen LogP contribution in [0, 0.1) is 0 Å². The van der Waals surface area contributed by atoms with Gasteiger partial charge in [-0.2, -0.15) is 0 Å². The first-order chi connectivity index (χ1) is 7.75. The number of benzene rings is 1. The molecule has 4 heteroatoms. The first-order valence-electron chi connectivity index (χ1n) is 5.66. The minimum atomic E-state index is 0.346. The zero-order chi connectivity index (χ0) is 11.4. The SMILES string of the molecule is Oc1ccc(Br)c(CCN2CCNCC2)c1. The molecule has 1 aliphatic rings. The first kappa shape index (κ1) is 11.9. The van der Waals surface area contributed by atoms with Gasteiger partial charge in [-0.25, -0.2) is 0 Å². The molecule has 2 rings (SSSR count). The lowest BCUT2D eigenvalue weighted by Crippen LogP contribution is -2.44. The molecule has 1 heterocycles. The third kappa shape index (κ3) is 3.20. The van der Waals surface area contributed by atoms with Gasteiger partial charge in [0.2, 0.25) is 0 Å². The summed E-state index contributed by atoms with van der Waals surface area (Å²) in [7, 11) is 0. The van der Waals surface area contributed by atoms with Gasteiger partial charge in [-0.1, -0.05) is 15.9 Å². The Morgan fingerprint density at radius 3 is 2.81 bits per heavy atom. The molecular weight excluding hydrogens is 268 g/mol. The van der Waals surface area contributed by atoms with Crippen LogP contribution in [-0.2, 0) is 6.42 Å². The number of nitrogens with zero attached hydrogens (tertiary/aromatic N) is 1. The summed E-state index contributed by atoms with van der Waals surface area (Å²) in [5.41, 5.74) is 1.18. The fourth-order valence-electron chi connectivity index (χ4n) is 1.97. The predicted molar refractivity (Wildman–Crippen MR) is 68.8 cm³/mol. The Hall–Kier alpha value is -0.580. The van der Waals surface area contributed by atoms with Gasteiger partial charge in [0.25, 0.3) is 0 Å². The standard InChI is InChI=1S/C12H17BrN2O/c13-12-2-1-11(16)9-10(12)3-6-15-7-4-14-5-8-15/h1-2,9,14,16H,3-8H2. The zero-order valence-corrected chi connectivity index (χ0v) is 10.8. The summed E-state index contributed by atoms with van der Waals surface area (Å²) in [5, 5.41) is 12.8. The van der Waals surface area contributed by atoms with Gasteiger partial charge in [-0.05, 0) is 30.2 Å². The van der Waals surface area contributed by atoms with Gasteiger partial charge < -0.3 is 15.3 Å². The Morgan fingerprint density at radius 2 is 2.06 bits per heavy atom. The minimum absolute atomic E-state index is 0.346. The summed E-state index contributed by atoms with van der Waals surface area (Å²) in [6.07, 6.45) is 0.981. The van der Waals surface area contributed by atoms with Crippen molar-refractivity contribution < 1.29 is 5.11 Å². The molecule has 1 fully saturated rings. The maximum Gasteiger partial charge on any atom is 0.115 e. The Balaban J connectivity index is 1.90. The monoisotopic (exact) mass is 284 g/mol. The maximum atomic E-state index is 9.43. The number of hydrogen-bond acceptors (Lipinski definition) is 3. The second kappa shape index (κ2) is 5.66. The molecule has 0 radical (unpaired) electrons. The lowest BCUT2D eigenvalue weighted by molar-refractivity contribution is 0.243. The lowest BCUT2D eigenvalue weighted by atomic mass is 10.1. The van der Waals surface area contributed by atoms with E-state index in [0.29, 0.717) is 5.75 Å². The van der Waals surface area contributed by atoms with Crippen molar-refractivity contribution in [2.24, 2.45) is 0 Å². The normalized spacial score (nSPS) is 17.6. The van der Waals surface area contributed by atoms with Crippen LogP contribution in [0.25, 0.3) is 0 Å². The second-order valence-corrected chi connectivity index (χ2v) is 4.97. The van der Waals surface area contributed by atoms with Crippen LogP contribution in [0.15, 0.2) is 22.7 Å². The smallest absolute Gasteiger partial charge is 0.115 e. The van der Waals surface area contributed by atoms with Gasteiger partial charge in [0.1, 0.15) is 5.75 Å². The molecular formula is C12H17BrN2O. The summed E-state index contributed by atoms with van der Waals surface area (Å²) in [5.74, 6) is 0.346. The fraction of sp³-hybridized carbons (Fsp3) is 0.500. The molecule has 1 aliphatic heterocycles. The van der Waals surface area contributed by atoms with Crippen molar-refractivity contribution in [3.63, 3.8) is 0 Å². The van der Waals surface area contributed by atoms with Crippen molar-refractivity contribution in [2.75, 3.05) is 32.7 Å². The largest absolute Gasteiger partial charge is 0.508 e. The Labute approximate surface area is 105 Å². The van der Waals surface area contributed by atoms with E-state index >= 15 is 0 Å². The Morgan fingerprint density at radius 1 is 1.31 bits per heavy atom. The van der Waals surface area contributed by atoms with Crippen molar-refractivity contribution in [1.82, 2.24) is 10.2 Å². The molecule has 0 unspecified atom stereocenters. The highest BCUT2D eigenvalue weighted by molar-refractivity contribution is 9.10. The van der Waals surface area contributed by atoms with E-state index in [9.17, 15) is 5.11 Å². The number of nitrogens with one attached hydrogen (secondary N) is 1. The zero-order valence-electron chi connectivity index (χ0n) is 9.25. The molecule has 0 aliphatic carbocycles. The van der Waals surface area contributed by atoms with Crippen molar-refractivity contribution >= 4 is 15.9 Å². The van der Waals surface area contributed by atoms with Crippen LogP contribution in [0.3, 0.4) is 0 Å². The van der Waals surface area contributed by atoms with Gasteiger partial charge in [0.05, 0.1) is 0 Å². The van der Waals surface area contributed by atoms with E-state index < -0.39 is 0 Å². The molecule has 3 nitrogen and oxygen atoms in total. The van der Waals surface area contributed by atoms with Gasteiger partial charge in [0, 0.05) is 37.2 Å². The van der Waals surface area contributed by atoms with E-state index in [0.717, 1.165) is 43.6 Å². The van der Waals surface area contributed by atoms with E-state index in [1.165, 1.54) is 5.56 Å². The maximum absolute atomic E-state index is 9.43. The van der Waals surface area contributed by atoms with Crippen molar-refractivity contribution in [2.45, 2.75) is 6.42 Å². The lowest BCUT2D eigenvalue weighted by Gasteiger charge is -2.27. The molecule has 88 valence electrons. The van der Waals surface area contributed by atoms with E-state index in [-0.39, 0.29) is 0 Å². The summed E-state index contributed by atoms with van der Waals surface area (Å²) < 4.78 is 1.08. The quantitative estimate of drug-likeness (QED) is 0.885. The molecule has 2 N–H and O–H groups in total. The molecule has 0 spiro atoms. The van der Waals surface area contributed by atoms with Crippen LogP contribution < -0.4 is 5.32 Å². The van der Waals surface area contributed by atoms with Crippen LogP contribution in [-0.4, -0.2) is 42.7 Å². The highest BCUT2D eigenvalue weighted by Crippen LogP contribution is 2.22. The highest BCUT2D eigenvalue weighted by atomic mass is 79.9. The summed E-state index contributed by atoms with van der Waals surface area (Å²) >= 11 is 3.51. The van der Waals surface area contributed by atoms with Crippen LogP contribution >= 0.6 is 15.9 Å². The van der Waals surface area contributed by atoms with E-state index in [2.05, 4.69) is 26.1 Å². The molecule has 0 atom stereocenters. The van der Waals surface area contributed by atoms with E-state index in [1.807, 2.05) is 12.1 Å². The topological polar surface area (TPSA) is 35.5 Å². The number of piperazine rings is 1. The Bertz CT molecular complexity index is 351. The van der Waals surface area contributed by atoms with E-state index in [1.54, 1.807) is 6.07 Å². The number of halogens is 1. The summed E-state index contributed by atoms with van der Waals surface area (Å²) in [4.78, 5) is 2.45. The van der Waals surface area contributed by atoms with Gasteiger partial charge in [-0.3, -0.25) is 0 Å². The number of aromatic hydroxyl groups is 1. The average molecular weight is 285 g/mol. The van der Waals surface area contributed by atoms with Gasteiger partial charge in [0.15, 0.2) is 0 Å². The number of hydrogen-bond donors (Lipinski definition) is 2. The molecule has 0 bridgehead atoms. The minimum Gasteiger partial charge on any atom is -0.508 e. The Kier molecular flexibility index (Phi) is 4.21. The van der Waals surface area contributed by atoms with E-state index in [4.69, 9.17) is 0 Å². The summed E-state index contributed by atoms with van der Waals surface area (Å²) in [6, 6.07) is 5.45. The van der Waals surface area contributed by atoms with Gasteiger partial charge >= 0.3 is 0 Å².